The van der Waals surface area contributed by atoms with E-state index in [1.165, 1.54) is 19.3 Å². The van der Waals surface area contributed by atoms with Gasteiger partial charge in [-0.25, -0.2) is 8.42 Å². The van der Waals surface area contributed by atoms with E-state index < -0.39 is 10.0 Å². The van der Waals surface area contributed by atoms with Crippen LogP contribution in [-0.2, 0) is 14.8 Å². The number of rotatable bonds is 5. The van der Waals surface area contributed by atoms with E-state index in [1.807, 2.05) is 6.92 Å². The average Bonchev–Trinajstić information content (AvgIpc) is 3.09. The molecule has 0 radical (unpaired) electrons. The number of aryl methyl sites for hydroxylation is 1. The van der Waals surface area contributed by atoms with Crippen LogP contribution < -0.4 is 9.62 Å². The molecule has 2 bridgehead atoms. The molecule has 1 N–H and O–H groups in total. The van der Waals surface area contributed by atoms with E-state index in [4.69, 9.17) is 11.6 Å². The van der Waals surface area contributed by atoms with Gasteiger partial charge < -0.3 is 5.32 Å². The van der Waals surface area contributed by atoms with Gasteiger partial charge in [0.05, 0.1) is 11.9 Å². The number of hydrogen-bond donors (Lipinski definition) is 1. The maximum Gasteiger partial charge on any atom is 0.241 e. The number of anilines is 1. The van der Waals surface area contributed by atoms with E-state index in [2.05, 4.69) is 5.32 Å². The zero-order valence-electron chi connectivity index (χ0n) is 14.0. The molecule has 3 atom stereocenters. The number of carbonyl (C=O) groups excluding carboxylic acids is 1. The van der Waals surface area contributed by atoms with Gasteiger partial charge in [0.25, 0.3) is 0 Å². The van der Waals surface area contributed by atoms with Crippen LogP contribution >= 0.6 is 11.6 Å². The molecule has 1 aromatic carbocycles. The van der Waals surface area contributed by atoms with Crippen molar-refractivity contribution in [3.05, 3.63) is 28.8 Å². The van der Waals surface area contributed by atoms with Gasteiger partial charge in [-0.3, -0.25) is 9.10 Å². The van der Waals surface area contributed by atoms with E-state index in [0.29, 0.717) is 16.6 Å². The van der Waals surface area contributed by atoms with E-state index in [1.54, 1.807) is 18.2 Å². The van der Waals surface area contributed by atoms with Crippen molar-refractivity contribution in [1.29, 1.82) is 0 Å². The minimum atomic E-state index is -3.57. The number of hydrogen-bond acceptors (Lipinski definition) is 3. The monoisotopic (exact) mass is 370 g/mol. The Kier molecular flexibility index (Phi) is 4.80. The third kappa shape index (κ3) is 3.70. The number of benzene rings is 1. The summed E-state index contributed by atoms with van der Waals surface area (Å²) in [7, 11) is -3.57. The third-order valence-corrected chi connectivity index (χ3v) is 6.76. The summed E-state index contributed by atoms with van der Waals surface area (Å²) in [5.74, 6) is 1.02. The normalized spacial score (nSPS) is 25.7. The van der Waals surface area contributed by atoms with Crippen LogP contribution in [0.15, 0.2) is 18.2 Å². The summed E-state index contributed by atoms with van der Waals surface area (Å²) in [5, 5.41) is 3.51. The Hall–Kier alpha value is -1.27. The fraction of sp³-hybridized carbons (Fsp3) is 0.588. The minimum absolute atomic E-state index is 0.194. The van der Waals surface area contributed by atoms with Crippen LogP contribution in [0.4, 0.5) is 5.69 Å². The molecule has 5 nitrogen and oxygen atoms in total. The standard InChI is InChI=1S/C17H23ClN2O3S/c1-11-3-6-14(9-15(11)18)20(24(2,22)23)10-17(21)19-16-8-12-4-5-13(16)7-12/h3,6,9,12-13,16H,4-5,7-8,10H2,1-2H3,(H,19,21)/t12-,13-,16-/m1/s1. The Labute approximate surface area is 148 Å². The summed E-state index contributed by atoms with van der Waals surface area (Å²) in [6.07, 6.45) is 5.73. The molecule has 2 aliphatic carbocycles. The quantitative estimate of drug-likeness (QED) is 0.866. The number of nitrogens with zero attached hydrogens (tertiary/aromatic N) is 1. The fourth-order valence-corrected chi connectivity index (χ4v) is 4.96. The summed E-state index contributed by atoms with van der Waals surface area (Å²) < 4.78 is 25.4. The van der Waals surface area contributed by atoms with Crippen molar-refractivity contribution in [3.63, 3.8) is 0 Å². The molecule has 0 saturated heterocycles. The minimum Gasteiger partial charge on any atom is -0.352 e. The SMILES string of the molecule is Cc1ccc(N(CC(=O)N[C@@H]2C[C@@H]3CC[C@@H]2C3)S(C)(=O)=O)cc1Cl. The Bertz CT molecular complexity index is 750. The van der Waals surface area contributed by atoms with Crippen molar-refractivity contribution in [1.82, 2.24) is 5.32 Å². The molecule has 7 heteroatoms. The van der Waals surface area contributed by atoms with Crippen LogP contribution in [0.2, 0.25) is 5.02 Å². The predicted octanol–water partition coefficient (Wildman–Crippen LogP) is 2.72. The molecular formula is C17H23ClN2O3S. The Morgan fingerprint density at radius 1 is 1.33 bits per heavy atom. The van der Waals surface area contributed by atoms with Gasteiger partial charge in [-0.1, -0.05) is 24.1 Å². The first-order chi connectivity index (χ1) is 11.2. The lowest BCUT2D eigenvalue weighted by atomic mass is 9.95. The van der Waals surface area contributed by atoms with Crippen molar-refractivity contribution in [2.24, 2.45) is 11.8 Å². The molecule has 1 aromatic rings. The van der Waals surface area contributed by atoms with Gasteiger partial charge in [0.2, 0.25) is 15.9 Å². The topological polar surface area (TPSA) is 66.5 Å². The summed E-state index contributed by atoms with van der Waals surface area (Å²) in [4.78, 5) is 12.4. The molecule has 24 heavy (non-hydrogen) atoms. The van der Waals surface area contributed by atoms with Gasteiger partial charge >= 0.3 is 0 Å². The summed E-state index contributed by atoms with van der Waals surface area (Å²) in [5.41, 5.74) is 1.27. The van der Waals surface area contributed by atoms with E-state index in [-0.39, 0.29) is 18.5 Å². The smallest absolute Gasteiger partial charge is 0.241 e. The molecule has 3 rings (SSSR count). The Balaban J connectivity index is 1.72. The van der Waals surface area contributed by atoms with Gasteiger partial charge in [0.1, 0.15) is 6.54 Å². The van der Waals surface area contributed by atoms with Crippen LogP contribution in [0.5, 0.6) is 0 Å². The molecule has 0 unspecified atom stereocenters. The lowest BCUT2D eigenvalue weighted by Gasteiger charge is -2.26. The highest BCUT2D eigenvalue weighted by atomic mass is 35.5. The zero-order valence-corrected chi connectivity index (χ0v) is 15.5. The number of sulfonamides is 1. The van der Waals surface area contributed by atoms with Crippen LogP contribution in [0.25, 0.3) is 0 Å². The highest BCUT2D eigenvalue weighted by Gasteiger charge is 2.40. The van der Waals surface area contributed by atoms with Gasteiger partial charge in [-0.15, -0.1) is 0 Å². The van der Waals surface area contributed by atoms with E-state index >= 15 is 0 Å². The van der Waals surface area contributed by atoms with Crippen LogP contribution in [0.3, 0.4) is 0 Å². The second kappa shape index (κ2) is 6.56. The fourth-order valence-electron chi connectivity index (χ4n) is 3.94. The van der Waals surface area contributed by atoms with Crippen molar-refractivity contribution >= 4 is 33.2 Å². The van der Waals surface area contributed by atoms with Crippen LogP contribution in [0, 0.1) is 18.8 Å². The lowest BCUT2D eigenvalue weighted by Crippen LogP contribution is -2.45. The van der Waals surface area contributed by atoms with Crippen molar-refractivity contribution in [2.75, 3.05) is 17.1 Å². The average molecular weight is 371 g/mol. The molecule has 0 heterocycles. The van der Waals surface area contributed by atoms with Crippen molar-refractivity contribution < 1.29 is 13.2 Å². The second-order valence-electron chi connectivity index (χ2n) is 7.05. The highest BCUT2D eigenvalue weighted by molar-refractivity contribution is 7.92. The van der Waals surface area contributed by atoms with Gasteiger partial charge in [0.15, 0.2) is 0 Å². The van der Waals surface area contributed by atoms with Gasteiger partial charge in [-0.05, 0) is 55.7 Å². The van der Waals surface area contributed by atoms with Gasteiger partial charge in [0, 0.05) is 11.1 Å². The summed E-state index contributed by atoms with van der Waals surface area (Å²) in [6.45, 7) is 1.63. The zero-order chi connectivity index (χ0) is 17.5. The summed E-state index contributed by atoms with van der Waals surface area (Å²) in [6, 6.07) is 5.21. The first-order valence-corrected chi connectivity index (χ1v) is 10.5. The Morgan fingerprint density at radius 3 is 2.62 bits per heavy atom. The second-order valence-corrected chi connectivity index (χ2v) is 9.37. The number of nitrogens with one attached hydrogen (secondary N) is 1. The van der Waals surface area contributed by atoms with Gasteiger partial charge in [-0.2, -0.15) is 0 Å². The van der Waals surface area contributed by atoms with E-state index in [0.717, 1.165) is 28.5 Å². The number of carbonyl (C=O) groups is 1. The Morgan fingerprint density at radius 2 is 2.08 bits per heavy atom. The first-order valence-electron chi connectivity index (χ1n) is 8.27. The molecule has 2 fully saturated rings. The number of halogens is 1. The molecule has 0 aliphatic heterocycles. The van der Waals surface area contributed by atoms with Crippen LogP contribution in [-0.4, -0.2) is 33.2 Å². The van der Waals surface area contributed by atoms with Crippen LogP contribution in [0.1, 0.15) is 31.2 Å². The molecule has 0 spiro atoms. The number of amides is 1. The summed E-state index contributed by atoms with van der Waals surface area (Å²) >= 11 is 6.10. The maximum atomic E-state index is 12.4. The molecule has 1 amide bonds. The first kappa shape index (κ1) is 17.5. The molecular weight excluding hydrogens is 348 g/mol. The van der Waals surface area contributed by atoms with Crippen molar-refractivity contribution in [3.8, 4) is 0 Å². The molecule has 0 aromatic heterocycles. The maximum absolute atomic E-state index is 12.4. The predicted molar refractivity (Wildman–Crippen MR) is 95.8 cm³/mol. The van der Waals surface area contributed by atoms with E-state index in [9.17, 15) is 13.2 Å². The molecule has 2 saturated carbocycles. The largest absolute Gasteiger partial charge is 0.352 e. The molecule has 132 valence electrons. The third-order valence-electron chi connectivity index (χ3n) is 5.22. The lowest BCUT2D eigenvalue weighted by molar-refractivity contribution is -0.120. The number of fused-ring (bicyclic) bond motifs is 2. The molecule has 2 aliphatic rings. The highest BCUT2D eigenvalue weighted by Crippen LogP contribution is 2.44. The van der Waals surface area contributed by atoms with Crippen molar-refractivity contribution in [2.45, 2.75) is 38.6 Å².